The molecule has 4 amide bonds. The molecule has 4 aromatic rings. The fourth-order valence-corrected chi connectivity index (χ4v) is 10.2. The molecule has 0 radical (unpaired) electrons. The molecule has 2 aliphatic heterocycles. The van der Waals surface area contributed by atoms with E-state index in [4.69, 9.17) is 49.0 Å². The maximum atomic E-state index is 15.5. The number of imide groups is 2. The largest absolute Gasteiger partial charge is 0.502 e. The fourth-order valence-electron chi connectivity index (χ4n) is 9.50. The minimum absolute atomic E-state index is 0.00814. The van der Waals surface area contributed by atoms with Crippen molar-refractivity contribution in [3.63, 3.8) is 0 Å². The van der Waals surface area contributed by atoms with Gasteiger partial charge in [0.15, 0.2) is 17.3 Å². The van der Waals surface area contributed by atoms with Gasteiger partial charge >= 0.3 is 6.18 Å². The standard InChI is InChI=1S/C44H37Cl3F3N5O8/c1-53(38-30(46)14-16-35(51-38)44(48,49)50)55-39(57)26-12-11-25-27(36(26)41(55)59)20-29-40(58)54(52-32-15-8-23(45)19-31(32)47)42(60)43(29,22-6-9-24(61-2)10-7-22)28(25)13-5-21-17-33(62-3)37(56)34(18-21)63-4/h5-11,13-19,26-29,36,52,56H,12,20H2,1-4H3. The molecule has 3 heterocycles. The molecule has 328 valence electrons. The summed E-state index contributed by atoms with van der Waals surface area (Å²) in [6.45, 7) is 0. The number of carbonyl (C=O) groups is 4. The SMILES string of the molecule is COc1ccc(C23C(=O)N(Nc4ccc(Cl)cc4Cl)C(=O)C2CC2C(=CCC4C(=O)N(N(C)c5nc(C(F)(F)F)ccc5Cl)C(=O)C42)C3C=Cc2cc(OC)c(O)c(OC)c2)cc1. The van der Waals surface area contributed by atoms with Crippen LogP contribution < -0.4 is 24.6 Å². The van der Waals surface area contributed by atoms with E-state index in [9.17, 15) is 27.9 Å². The summed E-state index contributed by atoms with van der Waals surface area (Å²) >= 11 is 19.1. The molecule has 1 saturated carbocycles. The van der Waals surface area contributed by atoms with E-state index in [0.717, 1.165) is 21.1 Å². The van der Waals surface area contributed by atoms with Gasteiger partial charge in [0.05, 0.1) is 60.2 Å². The number of benzene rings is 3. The molecule has 8 rings (SSSR count). The maximum absolute atomic E-state index is 15.5. The van der Waals surface area contributed by atoms with Crippen LogP contribution in [0.4, 0.5) is 24.7 Å². The first kappa shape index (κ1) is 43.7. The number of anilines is 2. The lowest BCUT2D eigenvalue weighted by molar-refractivity contribution is -0.142. The zero-order chi connectivity index (χ0) is 45.3. The highest BCUT2D eigenvalue weighted by Crippen LogP contribution is 2.62. The number of nitrogens with zero attached hydrogens (tertiary/aromatic N) is 4. The summed E-state index contributed by atoms with van der Waals surface area (Å²) in [5.41, 5.74) is 1.65. The number of fused-ring (bicyclic) bond motifs is 4. The number of alkyl halides is 3. The van der Waals surface area contributed by atoms with Crippen molar-refractivity contribution in [3.8, 4) is 23.0 Å². The number of phenols is 1. The van der Waals surface area contributed by atoms with Gasteiger partial charge in [0.2, 0.25) is 5.75 Å². The molecule has 0 spiro atoms. The second kappa shape index (κ2) is 16.3. The number of hydrazine groups is 2. The first-order chi connectivity index (χ1) is 30.0. The molecular weight excluding hydrogens is 890 g/mol. The monoisotopic (exact) mass is 925 g/mol. The minimum Gasteiger partial charge on any atom is -0.502 e. The molecule has 6 atom stereocenters. The number of amides is 4. The second-order valence-electron chi connectivity index (χ2n) is 15.4. The Hall–Kier alpha value is -5.97. The van der Waals surface area contributed by atoms with Crippen LogP contribution in [0.2, 0.25) is 15.1 Å². The summed E-state index contributed by atoms with van der Waals surface area (Å²) in [5, 5.41) is 13.5. The number of halogens is 6. The molecule has 4 aliphatic rings. The first-order valence-electron chi connectivity index (χ1n) is 19.4. The van der Waals surface area contributed by atoms with Crippen LogP contribution in [0.5, 0.6) is 23.0 Å². The van der Waals surface area contributed by atoms with Crippen molar-refractivity contribution in [2.24, 2.45) is 29.6 Å². The van der Waals surface area contributed by atoms with Gasteiger partial charge in [-0.1, -0.05) is 70.7 Å². The Morgan fingerprint density at radius 2 is 1.56 bits per heavy atom. The van der Waals surface area contributed by atoms with E-state index in [1.807, 2.05) is 0 Å². The lowest BCUT2D eigenvalue weighted by atomic mass is 9.50. The normalized spacial score (nSPS) is 24.3. The van der Waals surface area contributed by atoms with E-state index in [-0.39, 0.29) is 45.8 Å². The number of carbonyl (C=O) groups excluding carboxylic acids is 4. The highest BCUT2D eigenvalue weighted by molar-refractivity contribution is 6.36. The number of nitrogens with one attached hydrogen (secondary N) is 1. The molecule has 3 aromatic carbocycles. The molecule has 13 nitrogen and oxygen atoms in total. The molecule has 3 fully saturated rings. The van der Waals surface area contributed by atoms with Crippen molar-refractivity contribution >= 4 is 76.0 Å². The number of aromatic nitrogens is 1. The van der Waals surface area contributed by atoms with Gasteiger partial charge < -0.3 is 19.3 Å². The van der Waals surface area contributed by atoms with Crippen molar-refractivity contribution in [2.45, 2.75) is 24.4 Å². The van der Waals surface area contributed by atoms with Gasteiger partial charge in [0.1, 0.15) is 11.4 Å². The summed E-state index contributed by atoms with van der Waals surface area (Å²) in [6, 6.07) is 16.0. The number of hydrogen-bond donors (Lipinski definition) is 2. The Bertz CT molecular complexity index is 2600. The highest BCUT2D eigenvalue weighted by atomic mass is 35.5. The molecule has 19 heteroatoms. The second-order valence-corrected chi connectivity index (χ2v) is 16.7. The van der Waals surface area contributed by atoms with E-state index in [2.05, 4.69) is 10.4 Å². The number of pyridine rings is 1. The van der Waals surface area contributed by atoms with Gasteiger partial charge in [-0.25, -0.2) is 4.98 Å². The van der Waals surface area contributed by atoms with Gasteiger partial charge in [0.25, 0.3) is 23.6 Å². The van der Waals surface area contributed by atoms with Gasteiger partial charge in [0, 0.05) is 18.0 Å². The zero-order valence-electron chi connectivity index (χ0n) is 33.7. The molecule has 2 saturated heterocycles. The van der Waals surface area contributed by atoms with Crippen LogP contribution >= 0.6 is 34.8 Å². The Morgan fingerprint density at radius 1 is 0.873 bits per heavy atom. The number of ether oxygens (including phenoxy) is 3. The van der Waals surface area contributed by atoms with Crippen molar-refractivity contribution in [1.82, 2.24) is 15.0 Å². The van der Waals surface area contributed by atoms with Crippen LogP contribution in [0.1, 0.15) is 29.7 Å². The number of allylic oxidation sites excluding steroid dienone is 3. The average molecular weight is 927 g/mol. The molecule has 0 bridgehead atoms. The Labute approximate surface area is 373 Å². The summed E-state index contributed by atoms with van der Waals surface area (Å²) in [5.74, 6) is -7.90. The van der Waals surface area contributed by atoms with Crippen molar-refractivity contribution in [3.05, 3.63) is 116 Å². The van der Waals surface area contributed by atoms with E-state index in [1.165, 1.54) is 46.6 Å². The molecular formula is C44H37Cl3F3N5O8. The predicted molar refractivity (Wildman–Crippen MR) is 226 cm³/mol. The number of hydrogen-bond acceptors (Lipinski definition) is 11. The Morgan fingerprint density at radius 3 is 2.17 bits per heavy atom. The number of rotatable bonds is 10. The molecule has 63 heavy (non-hydrogen) atoms. The third-order valence-corrected chi connectivity index (χ3v) is 13.2. The van der Waals surface area contributed by atoms with Crippen LogP contribution in [0, 0.1) is 29.6 Å². The molecule has 2 N–H and O–H groups in total. The molecule has 2 aliphatic carbocycles. The third kappa shape index (κ3) is 7.08. The molecule has 6 unspecified atom stereocenters. The number of aromatic hydroxyl groups is 1. The lowest BCUT2D eigenvalue weighted by Crippen LogP contribution is -2.54. The lowest BCUT2D eigenvalue weighted by Gasteiger charge is -2.49. The van der Waals surface area contributed by atoms with E-state index < -0.39 is 76.3 Å². The Balaban J connectivity index is 1.29. The van der Waals surface area contributed by atoms with Gasteiger partial charge in [-0.05, 0) is 84.5 Å². The summed E-state index contributed by atoms with van der Waals surface area (Å²) in [4.78, 5) is 63.2. The van der Waals surface area contributed by atoms with Gasteiger partial charge in [-0.3, -0.25) is 29.6 Å². The van der Waals surface area contributed by atoms with Crippen LogP contribution in [-0.4, -0.2) is 72.1 Å². The maximum Gasteiger partial charge on any atom is 0.433 e. The van der Waals surface area contributed by atoms with Crippen molar-refractivity contribution in [2.75, 3.05) is 38.8 Å². The highest BCUT2D eigenvalue weighted by Gasteiger charge is 2.70. The van der Waals surface area contributed by atoms with E-state index in [1.54, 1.807) is 54.6 Å². The van der Waals surface area contributed by atoms with E-state index >= 15 is 9.59 Å². The smallest absolute Gasteiger partial charge is 0.433 e. The van der Waals surface area contributed by atoms with Crippen molar-refractivity contribution < 1.29 is 51.7 Å². The Kier molecular flexibility index (Phi) is 11.3. The predicted octanol–water partition coefficient (Wildman–Crippen LogP) is 8.37. The van der Waals surface area contributed by atoms with Crippen molar-refractivity contribution in [1.29, 1.82) is 0 Å². The summed E-state index contributed by atoms with van der Waals surface area (Å²) < 4.78 is 57.6. The van der Waals surface area contributed by atoms with Crippen LogP contribution in [0.3, 0.4) is 0 Å². The fraction of sp³-hybridized carbons (Fsp3) is 0.295. The van der Waals surface area contributed by atoms with Gasteiger partial charge in [-0.15, -0.1) is 0 Å². The summed E-state index contributed by atoms with van der Waals surface area (Å²) in [7, 11) is 5.45. The van der Waals surface area contributed by atoms with Crippen LogP contribution in [-0.2, 0) is 30.8 Å². The van der Waals surface area contributed by atoms with Gasteiger partial charge in [-0.2, -0.15) is 23.2 Å². The quantitative estimate of drug-likeness (QED) is 0.117. The van der Waals surface area contributed by atoms with Crippen LogP contribution in [0.15, 0.2) is 84.5 Å². The first-order valence-corrected chi connectivity index (χ1v) is 20.5. The van der Waals surface area contributed by atoms with E-state index in [0.29, 0.717) is 33.5 Å². The minimum atomic E-state index is -4.85. The molecule has 1 aromatic heterocycles. The average Bonchev–Trinajstić information content (AvgIpc) is 3.64. The zero-order valence-corrected chi connectivity index (χ0v) is 36.0. The van der Waals surface area contributed by atoms with Crippen LogP contribution in [0.25, 0.3) is 6.08 Å². The third-order valence-electron chi connectivity index (χ3n) is 12.3. The summed E-state index contributed by atoms with van der Waals surface area (Å²) in [6.07, 6.45) is 0.279. The topological polar surface area (TPSA) is 151 Å². The number of phenolic OH excluding ortho intramolecular Hbond substituents is 1. The number of methoxy groups -OCH3 is 3.